The number of ether oxygens (including phenoxy) is 6. The molecule has 2 aliphatic rings. The Bertz CT molecular complexity index is 2020. The van der Waals surface area contributed by atoms with Gasteiger partial charge < -0.3 is 64.2 Å². The minimum atomic E-state index is -1.74. The number of allylic oxidation sites excluding steroid dienone is 28. The summed E-state index contributed by atoms with van der Waals surface area (Å²) in [5.41, 5.74) is 0. The standard InChI is InChI=1S/C69H106O14/c1-3-5-7-9-11-13-15-17-19-21-23-25-27-29-30-32-34-36-38-40-42-44-46-48-50-52-61(71)81-58(56-79-68-67(77)65(75)63(73)60(83-68)57-80-69-66(76)64(74)62(72)59(54-70)82-69)55-78-53-51-49-47-45-43-41-39-37-35-33-31-28-26-24-22-20-18-16-14-12-10-8-6-4-2/h5-8,11-14,17-20,23-26,29-31,33-34,36-37,39-40,42-43,45,58-60,62-70,72-77H,3-4,9-10,15-16,21-22,27-28,32,35,38,41,44,46-57H2,1-2H3/b7-5-,8-6-,13-11-,14-12-,19-17-,20-18-,25-23-,26-24-,30-29-,33-31-,36-34-,39-37-,42-40-,45-43-. The first-order chi connectivity index (χ1) is 40.6. The first-order valence-corrected chi connectivity index (χ1v) is 30.7. The summed E-state index contributed by atoms with van der Waals surface area (Å²) in [6.07, 6.45) is 64.1. The molecule has 2 aliphatic heterocycles. The van der Waals surface area contributed by atoms with E-state index < -0.39 is 86.7 Å². The predicted molar refractivity (Wildman–Crippen MR) is 334 cm³/mol. The zero-order valence-corrected chi connectivity index (χ0v) is 50.1. The normalized spacial score (nSPS) is 24.6. The molecule has 0 saturated carbocycles. The Labute approximate surface area is 498 Å². The average Bonchev–Trinajstić information content (AvgIpc) is 3.67. The number of aliphatic hydroxyl groups is 7. The summed E-state index contributed by atoms with van der Waals surface area (Å²) in [7, 11) is 0. The van der Waals surface area contributed by atoms with Crippen LogP contribution in [0.1, 0.15) is 155 Å². The van der Waals surface area contributed by atoms with Gasteiger partial charge in [-0.2, -0.15) is 0 Å². The molecule has 11 atom stereocenters. The molecule has 0 amide bonds. The number of carbonyl (C=O) groups excluding carboxylic acids is 1. The zero-order valence-electron chi connectivity index (χ0n) is 50.1. The molecule has 2 rings (SSSR count). The number of hydrogen-bond acceptors (Lipinski definition) is 14. The fourth-order valence-electron chi connectivity index (χ4n) is 8.36. The van der Waals surface area contributed by atoms with Gasteiger partial charge in [-0.3, -0.25) is 4.79 Å². The number of hydrogen-bond donors (Lipinski definition) is 7. The van der Waals surface area contributed by atoms with Crippen LogP contribution in [0.5, 0.6) is 0 Å². The van der Waals surface area contributed by atoms with E-state index in [1.54, 1.807) is 0 Å². The molecule has 0 aromatic carbocycles. The smallest absolute Gasteiger partial charge is 0.306 e. The van der Waals surface area contributed by atoms with Crippen molar-refractivity contribution in [3.8, 4) is 0 Å². The molecule has 0 spiro atoms. The van der Waals surface area contributed by atoms with Crippen LogP contribution in [-0.4, -0.2) is 142 Å². The molecular weight excluding hydrogens is 1050 g/mol. The lowest BCUT2D eigenvalue weighted by atomic mass is 9.98. The van der Waals surface area contributed by atoms with Crippen molar-refractivity contribution in [3.63, 3.8) is 0 Å². The molecule has 83 heavy (non-hydrogen) atoms. The Balaban J connectivity index is 1.76. The molecule has 0 aromatic heterocycles. The van der Waals surface area contributed by atoms with Gasteiger partial charge in [0.15, 0.2) is 12.6 Å². The van der Waals surface area contributed by atoms with Crippen LogP contribution >= 0.6 is 0 Å². The van der Waals surface area contributed by atoms with Crippen LogP contribution in [0.25, 0.3) is 0 Å². The topological polar surface area (TPSA) is 214 Å². The summed E-state index contributed by atoms with van der Waals surface area (Å²) in [6.45, 7) is 3.26. The van der Waals surface area contributed by atoms with Crippen LogP contribution in [0, 0.1) is 0 Å². The van der Waals surface area contributed by atoms with Crippen LogP contribution in [0.15, 0.2) is 170 Å². The number of unbranched alkanes of at least 4 members (excludes halogenated alkanes) is 5. The van der Waals surface area contributed by atoms with Gasteiger partial charge >= 0.3 is 5.97 Å². The summed E-state index contributed by atoms with van der Waals surface area (Å²) < 4.78 is 34.3. The number of aliphatic hydroxyl groups excluding tert-OH is 7. The van der Waals surface area contributed by atoms with Crippen molar-refractivity contribution in [1.82, 2.24) is 0 Å². The largest absolute Gasteiger partial charge is 0.457 e. The molecule has 7 N–H and O–H groups in total. The second kappa shape index (κ2) is 52.9. The minimum Gasteiger partial charge on any atom is -0.457 e. The van der Waals surface area contributed by atoms with Crippen LogP contribution in [0.2, 0.25) is 0 Å². The number of rotatable bonds is 47. The van der Waals surface area contributed by atoms with Crippen molar-refractivity contribution in [2.45, 2.75) is 223 Å². The molecule has 0 aromatic rings. The predicted octanol–water partition coefficient (Wildman–Crippen LogP) is 12.0. The SMILES string of the molecule is CC/C=C\C/C=C\C/C=C\C/C=C\C/C=C\C/C=C\C/C=C\CCCCCC(=O)OC(COCCCC/C=C\C/C=C\C/C=C\C/C=C\C/C=C\C/C=C\C/C=C\CC)COC1OC(COC2OC(CO)C(O)C(O)C2O)C(O)C(O)C1O. The minimum absolute atomic E-state index is 0.00344. The van der Waals surface area contributed by atoms with Gasteiger partial charge in [0.05, 0.1) is 26.4 Å². The zero-order chi connectivity index (χ0) is 60.1. The van der Waals surface area contributed by atoms with Crippen molar-refractivity contribution >= 4 is 5.97 Å². The molecule has 0 aliphatic carbocycles. The Morgan fingerprint density at radius 1 is 0.398 bits per heavy atom. The van der Waals surface area contributed by atoms with Crippen molar-refractivity contribution < 1.29 is 69.0 Å². The monoisotopic (exact) mass is 1160 g/mol. The van der Waals surface area contributed by atoms with E-state index in [-0.39, 0.29) is 19.6 Å². The Kier molecular flexibility index (Phi) is 47.4. The van der Waals surface area contributed by atoms with Gasteiger partial charge in [-0.15, -0.1) is 0 Å². The van der Waals surface area contributed by atoms with Crippen LogP contribution < -0.4 is 0 Å². The van der Waals surface area contributed by atoms with E-state index in [4.69, 9.17) is 28.4 Å². The average molecular weight is 1160 g/mol. The van der Waals surface area contributed by atoms with E-state index in [0.29, 0.717) is 13.0 Å². The molecule has 2 fully saturated rings. The second-order valence-electron chi connectivity index (χ2n) is 20.4. The summed E-state index contributed by atoms with van der Waals surface area (Å²) in [6, 6.07) is 0. The number of esters is 1. The van der Waals surface area contributed by atoms with Crippen LogP contribution in [-0.2, 0) is 33.2 Å². The third-order valence-corrected chi connectivity index (χ3v) is 13.2. The molecule has 466 valence electrons. The molecule has 0 radical (unpaired) electrons. The van der Waals surface area contributed by atoms with Crippen molar-refractivity contribution in [1.29, 1.82) is 0 Å². The highest BCUT2D eigenvalue weighted by Crippen LogP contribution is 2.26. The lowest BCUT2D eigenvalue weighted by Crippen LogP contribution is -2.61. The highest BCUT2D eigenvalue weighted by Gasteiger charge is 2.47. The second-order valence-corrected chi connectivity index (χ2v) is 20.4. The summed E-state index contributed by atoms with van der Waals surface area (Å²) in [4.78, 5) is 13.1. The summed E-state index contributed by atoms with van der Waals surface area (Å²) in [5, 5.41) is 72.5. The Morgan fingerprint density at radius 3 is 1.14 bits per heavy atom. The maximum absolute atomic E-state index is 13.1. The number of carbonyl (C=O) groups is 1. The van der Waals surface area contributed by atoms with Gasteiger partial charge in [0.1, 0.15) is 54.9 Å². The molecule has 14 nitrogen and oxygen atoms in total. The van der Waals surface area contributed by atoms with E-state index in [1.165, 1.54) is 0 Å². The molecule has 2 saturated heterocycles. The Morgan fingerprint density at radius 2 is 0.747 bits per heavy atom. The van der Waals surface area contributed by atoms with Gasteiger partial charge in [-0.25, -0.2) is 0 Å². The first kappa shape index (κ1) is 74.5. The molecular formula is C69H106O14. The maximum atomic E-state index is 13.1. The highest BCUT2D eigenvalue weighted by molar-refractivity contribution is 5.69. The van der Waals surface area contributed by atoms with E-state index in [0.717, 1.165) is 128 Å². The lowest BCUT2D eigenvalue weighted by molar-refractivity contribution is -0.332. The van der Waals surface area contributed by atoms with Crippen LogP contribution in [0.4, 0.5) is 0 Å². The molecule has 11 unspecified atom stereocenters. The van der Waals surface area contributed by atoms with Crippen molar-refractivity contribution in [2.75, 3.05) is 33.0 Å². The third kappa shape index (κ3) is 38.8. The van der Waals surface area contributed by atoms with Crippen molar-refractivity contribution in [2.24, 2.45) is 0 Å². The summed E-state index contributed by atoms with van der Waals surface area (Å²) in [5.74, 6) is -0.432. The maximum Gasteiger partial charge on any atom is 0.306 e. The fraction of sp³-hybridized carbons (Fsp3) is 0.580. The highest BCUT2D eigenvalue weighted by atomic mass is 16.7. The lowest BCUT2D eigenvalue weighted by Gasteiger charge is -2.42. The quantitative estimate of drug-likeness (QED) is 0.0172. The van der Waals surface area contributed by atoms with Gasteiger partial charge in [0.2, 0.25) is 0 Å². The van der Waals surface area contributed by atoms with Crippen molar-refractivity contribution in [3.05, 3.63) is 170 Å². The summed E-state index contributed by atoms with van der Waals surface area (Å²) >= 11 is 0. The van der Waals surface area contributed by atoms with E-state index in [9.17, 15) is 40.5 Å². The van der Waals surface area contributed by atoms with Gasteiger partial charge in [0, 0.05) is 13.0 Å². The molecule has 2 heterocycles. The van der Waals surface area contributed by atoms with Gasteiger partial charge in [-0.1, -0.05) is 190 Å². The molecule has 0 bridgehead atoms. The van der Waals surface area contributed by atoms with E-state index in [1.807, 2.05) is 0 Å². The van der Waals surface area contributed by atoms with E-state index in [2.05, 4.69) is 184 Å². The Hall–Kier alpha value is -4.65. The van der Waals surface area contributed by atoms with Gasteiger partial charge in [-0.05, 0) is 128 Å². The molecule has 14 heteroatoms. The fourth-order valence-corrected chi connectivity index (χ4v) is 8.36. The van der Waals surface area contributed by atoms with Crippen LogP contribution in [0.3, 0.4) is 0 Å². The third-order valence-electron chi connectivity index (χ3n) is 13.2. The van der Waals surface area contributed by atoms with E-state index >= 15 is 0 Å². The van der Waals surface area contributed by atoms with Gasteiger partial charge in [0.25, 0.3) is 0 Å². The first-order valence-electron chi connectivity index (χ1n) is 30.7.